The van der Waals surface area contributed by atoms with Gasteiger partial charge in [0.1, 0.15) is 0 Å². The van der Waals surface area contributed by atoms with Gasteiger partial charge in [0.05, 0.1) is 6.54 Å². The zero-order valence-corrected chi connectivity index (χ0v) is 16.3. The predicted octanol–water partition coefficient (Wildman–Crippen LogP) is 3.13. The third-order valence-electron chi connectivity index (χ3n) is 3.80. The number of halogens is 4. The van der Waals surface area contributed by atoms with Gasteiger partial charge in [-0.1, -0.05) is 18.2 Å². The lowest BCUT2D eigenvalue weighted by Crippen LogP contribution is -2.41. The molecule has 8 heteroatoms. The van der Waals surface area contributed by atoms with Crippen molar-refractivity contribution in [1.29, 1.82) is 0 Å². The molecule has 1 aliphatic heterocycles. The highest BCUT2D eigenvalue weighted by atomic mass is 127. The molecule has 1 aromatic rings. The van der Waals surface area contributed by atoms with E-state index in [1.165, 1.54) is 17.5 Å². The van der Waals surface area contributed by atoms with Crippen LogP contribution in [0.25, 0.3) is 0 Å². The fourth-order valence-electron chi connectivity index (χ4n) is 2.79. The molecule has 0 saturated heterocycles. The quantitative estimate of drug-likeness (QED) is 0.320. The number of nitrogens with one attached hydrogen (secondary N) is 1. The summed E-state index contributed by atoms with van der Waals surface area (Å²) in [5.74, 6) is 0.772. The Bertz CT molecular complexity index is 548. The molecule has 24 heavy (non-hydrogen) atoms. The Morgan fingerprint density at radius 1 is 1.33 bits per heavy atom. The first-order valence-corrected chi connectivity index (χ1v) is 7.72. The number of rotatable bonds is 5. The Hall–Kier alpha value is -1.03. The number of aliphatic imine (C=N–C) groups is 1. The minimum atomic E-state index is -4.14. The Balaban J connectivity index is 0.00000288. The van der Waals surface area contributed by atoms with Crippen LogP contribution in [0, 0.1) is 0 Å². The molecule has 0 aliphatic carbocycles. The van der Waals surface area contributed by atoms with Gasteiger partial charge in [-0.15, -0.1) is 24.0 Å². The third kappa shape index (κ3) is 6.12. The minimum Gasteiger partial charge on any atom is -0.356 e. The van der Waals surface area contributed by atoms with Crippen molar-refractivity contribution in [1.82, 2.24) is 10.2 Å². The highest BCUT2D eigenvalue weighted by molar-refractivity contribution is 14.0. The zero-order valence-electron chi connectivity index (χ0n) is 13.9. The molecule has 1 aromatic carbocycles. The van der Waals surface area contributed by atoms with E-state index in [9.17, 15) is 13.2 Å². The van der Waals surface area contributed by atoms with Gasteiger partial charge in [0.15, 0.2) is 5.96 Å². The highest BCUT2D eigenvalue weighted by Gasteiger charge is 2.28. The largest absolute Gasteiger partial charge is 0.401 e. The maximum atomic E-state index is 12.3. The van der Waals surface area contributed by atoms with E-state index in [2.05, 4.69) is 27.3 Å². The van der Waals surface area contributed by atoms with Crippen LogP contribution >= 0.6 is 24.0 Å². The molecular weight excluding hydrogens is 432 g/mol. The van der Waals surface area contributed by atoms with Gasteiger partial charge in [0, 0.05) is 25.8 Å². The number of guanidine groups is 1. The van der Waals surface area contributed by atoms with Gasteiger partial charge >= 0.3 is 6.18 Å². The number of hydrogen-bond donors (Lipinski definition) is 1. The van der Waals surface area contributed by atoms with E-state index in [-0.39, 0.29) is 24.0 Å². The second-order valence-corrected chi connectivity index (χ2v) is 5.71. The van der Waals surface area contributed by atoms with Crippen molar-refractivity contribution in [2.75, 3.05) is 45.2 Å². The number of nitrogens with zero attached hydrogens (tertiary/aromatic N) is 3. The number of para-hydroxylation sites is 1. The molecule has 0 unspecified atom stereocenters. The van der Waals surface area contributed by atoms with E-state index >= 15 is 0 Å². The summed E-state index contributed by atoms with van der Waals surface area (Å²) < 4.78 is 36.8. The van der Waals surface area contributed by atoms with Crippen molar-refractivity contribution >= 4 is 35.6 Å². The monoisotopic (exact) mass is 456 g/mol. The van der Waals surface area contributed by atoms with Crippen LogP contribution in [0.1, 0.15) is 12.0 Å². The summed E-state index contributed by atoms with van der Waals surface area (Å²) in [7, 11) is 3.21. The second-order valence-electron chi connectivity index (χ2n) is 5.71. The van der Waals surface area contributed by atoms with E-state index < -0.39 is 12.7 Å². The fourth-order valence-corrected chi connectivity index (χ4v) is 2.79. The first-order chi connectivity index (χ1) is 10.9. The molecule has 0 radical (unpaired) electrons. The Morgan fingerprint density at radius 2 is 2.04 bits per heavy atom. The Labute approximate surface area is 158 Å². The molecule has 1 aliphatic rings. The molecule has 1 N–H and O–H groups in total. The molecule has 0 fully saturated rings. The fraction of sp³-hybridized carbons (Fsp3) is 0.562. The lowest BCUT2D eigenvalue weighted by atomic mass is 10.2. The number of alkyl halides is 3. The first-order valence-electron chi connectivity index (χ1n) is 7.72. The van der Waals surface area contributed by atoms with Crippen molar-refractivity contribution in [2.24, 2.45) is 4.99 Å². The highest BCUT2D eigenvalue weighted by Crippen LogP contribution is 2.27. The molecule has 1 heterocycles. The van der Waals surface area contributed by atoms with Crippen LogP contribution in [0.2, 0.25) is 0 Å². The van der Waals surface area contributed by atoms with Crippen LogP contribution < -0.4 is 10.2 Å². The molecular formula is C16H24F3IN4. The molecule has 0 atom stereocenters. The summed E-state index contributed by atoms with van der Waals surface area (Å²) in [6, 6.07) is 8.19. The summed E-state index contributed by atoms with van der Waals surface area (Å²) in [5.41, 5.74) is 2.44. The third-order valence-corrected chi connectivity index (χ3v) is 3.80. The van der Waals surface area contributed by atoms with Crippen LogP contribution in [0.4, 0.5) is 18.9 Å². The summed E-state index contributed by atoms with van der Waals surface area (Å²) in [6.45, 7) is 0.974. The van der Waals surface area contributed by atoms with Crippen molar-refractivity contribution in [3.05, 3.63) is 29.8 Å². The van der Waals surface area contributed by atoms with Gasteiger partial charge in [0.2, 0.25) is 0 Å². The van der Waals surface area contributed by atoms with E-state index in [1.54, 1.807) is 7.05 Å². The lowest BCUT2D eigenvalue weighted by molar-refractivity contribution is -0.143. The van der Waals surface area contributed by atoms with Crippen LogP contribution in [0.15, 0.2) is 29.3 Å². The summed E-state index contributed by atoms with van der Waals surface area (Å²) in [4.78, 5) is 7.69. The Morgan fingerprint density at radius 3 is 2.71 bits per heavy atom. The normalized spacial score (nSPS) is 14.6. The van der Waals surface area contributed by atoms with Crippen LogP contribution in [-0.4, -0.2) is 57.3 Å². The summed E-state index contributed by atoms with van der Waals surface area (Å²) in [6.07, 6.45) is -2.54. The summed E-state index contributed by atoms with van der Waals surface area (Å²) in [5, 5.41) is 3.24. The standard InChI is InChI=1S/C16H23F3N4.HI/c1-20-15(21-9-5-10-22(2)12-16(17,18)19)23-11-8-13-6-3-4-7-14(13)23;/h3-4,6-7H,5,8-12H2,1-2H3,(H,20,21);1H. The molecule has 0 bridgehead atoms. The van der Waals surface area contributed by atoms with Gasteiger partial charge in [-0.2, -0.15) is 13.2 Å². The zero-order chi connectivity index (χ0) is 16.9. The topological polar surface area (TPSA) is 30.9 Å². The molecule has 2 rings (SSSR count). The van der Waals surface area contributed by atoms with E-state index in [0.29, 0.717) is 19.5 Å². The van der Waals surface area contributed by atoms with Gasteiger partial charge in [0.25, 0.3) is 0 Å². The second kappa shape index (κ2) is 9.45. The predicted molar refractivity (Wildman–Crippen MR) is 102 cm³/mol. The van der Waals surface area contributed by atoms with Crippen molar-refractivity contribution < 1.29 is 13.2 Å². The van der Waals surface area contributed by atoms with Crippen molar-refractivity contribution in [2.45, 2.75) is 19.0 Å². The van der Waals surface area contributed by atoms with Gasteiger partial charge in [-0.05, 0) is 38.1 Å². The van der Waals surface area contributed by atoms with Crippen LogP contribution in [-0.2, 0) is 6.42 Å². The van der Waals surface area contributed by atoms with Crippen molar-refractivity contribution in [3.8, 4) is 0 Å². The molecule has 0 spiro atoms. The van der Waals surface area contributed by atoms with E-state index in [4.69, 9.17) is 0 Å². The number of benzene rings is 1. The minimum absolute atomic E-state index is 0. The molecule has 0 saturated carbocycles. The first kappa shape index (κ1) is 21.0. The van der Waals surface area contributed by atoms with Crippen LogP contribution in [0.5, 0.6) is 0 Å². The molecule has 0 amide bonds. The SMILES string of the molecule is CN=C(NCCCN(C)CC(F)(F)F)N1CCc2ccccc21.I. The maximum absolute atomic E-state index is 12.3. The number of fused-ring (bicyclic) bond motifs is 1. The van der Waals surface area contributed by atoms with E-state index in [0.717, 1.165) is 24.6 Å². The number of anilines is 1. The average molecular weight is 456 g/mol. The maximum Gasteiger partial charge on any atom is 0.401 e. The molecule has 4 nitrogen and oxygen atoms in total. The van der Waals surface area contributed by atoms with Crippen LogP contribution in [0.3, 0.4) is 0 Å². The van der Waals surface area contributed by atoms with E-state index in [1.807, 2.05) is 12.1 Å². The number of hydrogen-bond acceptors (Lipinski definition) is 2. The van der Waals surface area contributed by atoms with Gasteiger partial charge < -0.3 is 10.2 Å². The Kier molecular flexibility index (Phi) is 8.28. The molecule has 0 aromatic heterocycles. The molecule has 136 valence electrons. The summed E-state index contributed by atoms with van der Waals surface area (Å²) >= 11 is 0. The van der Waals surface area contributed by atoms with Crippen molar-refractivity contribution in [3.63, 3.8) is 0 Å². The van der Waals surface area contributed by atoms with Gasteiger partial charge in [-0.3, -0.25) is 9.89 Å². The lowest BCUT2D eigenvalue weighted by Gasteiger charge is -2.23. The average Bonchev–Trinajstić information content (AvgIpc) is 2.89. The smallest absolute Gasteiger partial charge is 0.356 e. The van der Waals surface area contributed by atoms with Gasteiger partial charge in [-0.25, -0.2) is 0 Å².